The Hall–Kier alpha value is -2.13. The number of alkyl halides is 3. The maximum Gasteiger partial charge on any atom is 0.416 e. The van der Waals surface area contributed by atoms with E-state index in [1.54, 1.807) is 24.5 Å². The van der Waals surface area contributed by atoms with Crippen LogP contribution in [0.25, 0.3) is 0 Å². The van der Waals surface area contributed by atoms with Gasteiger partial charge in [-0.25, -0.2) is 4.98 Å². The Labute approximate surface area is 159 Å². The molecule has 0 bridgehead atoms. The van der Waals surface area contributed by atoms with E-state index in [0.29, 0.717) is 37.8 Å². The lowest BCUT2D eigenvalue weighted by Gasteiger charge is -2.35. The van der Waals surface area contributed by atoms with Crippen LogP contribution in [0.5, 0.6) is 0 Å². The zero-order valence-corrected chi connectivity index (χ0v) is 15.9. The minimum absolute atomic E-state index is 0.418. The number of nitrogens with one attached hydrogen (secondary N) is 1. The maximum atomic E-state index is 13.0. The van der Waals surface area contributed by atoms with Crippen LogP contribution in [0.4, 0.5) is 13.2 Å². The van der Waals surface area contributed by atoms with Crippen molar-refractivity contribution < 1.29 is 17.9 Å². The molecule has 1 N–H and O–H groups in total. The maximum absolute atomic E-state index is 13.0. The first-order valence-corrected chi connectivity index (χ1v) is 9.34. The van der Waals surface area contributed by atoms with Crippen LogP contribution < -0.4 is 5.32 Å². The summed E-state index contributed by atoms with van der Waals surface area (Å²) in [5, 5.41) is 4.29. The number of morpholine rings is 1. The lowest BCUT2D eigenvalue weighted by Crippen LogP contribution is -2.47. The third kappa shape index (κ3) is 4.98. The largest absolute Gasteiger partial charge is 0.416 e. The molecule has 1 fully saturated rings. The Morgan fingerprint density at radius 2 is 2.26 bits per heavy atom. The highest BCUT2D eigenvalue weighted by Gasteiger charge is 2.32. The second-order valence-corrected chi connectivity index (χ2v) is 7.49. The number of halogens is 3. The number of aromatic nitrogens is 1. The van der Waals surface area contributed by atoms with Gasteiger partial charge in [0.2, 0.25) is 0 Å². The molecular formula is C18H21F3N4OS. The normalized spacial score (nSPS) is 18.6. The van der Waals surface area contributed by atoms with Crippen molar-refractivity contribution in [3.05, 3.63) is 51.5 Å². The van der Waals surface area contributed by atoms with Crippen LogP contribution in [0.3, 0.4) is 0 Å². The molecule has 1 aromatic heterocycles. The summed E-state index contributed by atoms with van der Waals surface area (Å²) in [4.78, 5) is 11.6. The minimum Gasteiger partial charge on any atom is -0.370 e. The monoisotopic (exact) mass is 398 g/mol. The number of ether oxygens (including phenoxy) is 1. The van der Waals surface area contributed by atoms with Crippen molar-refractivity contribution in [3.63, 3.8) is 0 Å². The molecule has 1 atom stereocenters. The number of benzene rings is 1. The number of hydrogen-bond donors (Lipinski definition) is 1. The van der Waals surface area contributed by atoms with Gasteiger partial charge in [0.05, 0.1) is 30.3 Å². The van der Waals surface area contributed by atoms with E-state index in [0.717, 1.165) is 22.0 Å². The molecule has 5 nitrogen and oxygen atoms in total. The molecule has 146 valence electrons. The highest BCUT2D eigenvalue weighted by molar-refractivity contribution is 7.11. The molecule has 2 heterocycles. The predicted molar refractivity (Wildman–Crippen MR) is 98.8 cm³/mol. The predicted octanol–water partition coefficient (Wildman–Crippen LogP) is 3.62. The van der Waals surface area contributed by atoms with E-state index in [-0.39, 0.29) is 0 Å². The van der Waals surface area contributed by atoms with Gasteiger partial charge in [-0.15, -0.1) is 11.3 Å². The number of aliphatic imine (C=N–C) groups is 1. The summed E-state index contributed by atoms with van der Waals surface area (Å²) in [7, 11) is 1.69. The average molecular weight is 398 g/mol. The van der Waals surface area contributed by atoms with Gasteiger partial charge in [-0.05, 0) is 24.6 Å². The van der Waals surface area contributed by atoms with Crippen LogP contribution >= 0.6 is 11.3 Å². The number of nitrogens with zero attached hydrogens (tertiary/aromatic N) is 3. The highest BCUT2D eigenvalue weighted by atomic mass is 32.1. The first-order chi connectivity index (χ1) is 12.9. The summed E-state index contributed by atoms with van der Waals surface area (Å²) in [5.41, 5.74) is -0.146. The van der Waals surface area contributed by atoms with Crippen molar-refractivity contribution in [1.82, 2.24) is 15.2 Å². The van der Waals surface area contributed by atoms with Gasteiger partial charge in [-0.1, -0.05) is 12.1 Å². The SMILES string of the molecule is CN=C(NCc1cnc(C)s1)N1CCOC(c2cccc(C(F)(F)F)c2)C1. The molecule has 2 aromatic rings. The van der Waals surface area contributed by atoms with E-state index in [9.17, 15) is 13.2 Å². The smallest absolute Gasteiger partial charge is 0.370 e. The molecule has 1 aromatic carbocycles. The fraction of sp³-hybridized carbons (Fsp3) is 0.444. The Balaban J connectivity index is 1.67. The summed E-state index contributed by atoms with van der Waals surface area (Å²) in [6.45, 7) is 4.02. The Kier molecular flexibility index (Phi) is 6.01. The summed E-state index contributed by atoms with van der Waals surface area (Å²) >= 11 is 1.61. The summed E-state index contributed by atoms with van der Waals surface area (Å²) in [6, 6.07) is 5.31. The molecule has 1 saturated heterocycles. The topological polar surface area (TPSA) is 49.8 Å². The van der Waals surface area contributed by atoms with Gasteiger partial charge in [-0.2, -0.15) is 13.2 Å². The fourth-order valence-electron chi connectivity index (χ4n) is 2.94. The van der Waals surface area contributed by atoms with Gasteiger partial charge in [-0.3, -0.25) is 4.99 Å². The summed E-state index contributed by atoms with van der Waals surface area (Å²) in [6.07, 6.45) is -2.98. The van der Waals surface area contributed by atoms with E-state index in [2.05, 4.69) is 15.3 Å². The van der Waals surface area contributed by atoms with Crippen molar-refractivity contribution in [1.29, 1.82) is 0 Å². The molecular weight excluding hydrogens is 377 g/mol. The number of guanidine groups is 1. The summed E-state index contributed by atoms with van der Waals surface area (Å²) in [5.74, 6) is 0.696. The molecule has 0 saturated carbocycles. The molecule has 9 heteroatoms. The van der Waals surface area contributed by atoms with Crippen molar-refractivity contribution in [2.75, 3.05) is 26.7 Å². The van der Waals surface area contributed by atoms with Crippen LogP contribution in [-0.2, 0) is 17.5 Å². The molecule has 1 aliphatic heterocycles. The molecule has 1 aliphatic rings. The van der Waals surface area contributed by atoms with Gasteiger partial charge < -0.3 is 15.0 Å². The number of aryl methyl sites for hydroxylation is 1. The Morgan fingerprint density at radius 1 is 1.44 bits per heavy atom. The van der Waals surface area contributed by atoms with Gasteiger partial charge in [0.1, 0.15) is 6.10 Å². The van der Waals surface area contributed by atoms with Gasteiger partial charge >= 0.3 is 6.18 Å². The molecule has 27 heavy (non-hydrogen) atoms. The van der Waals surface area contributed by atoms with E-state index in [4.69, 9.17) is 4.74 Å². The van der Waals surface area contributed by atoms with Crippen LogP contribution in [0.2, 0.25) is 0 Å². The molecule has 0 aliphatic carbocycles. The van der Waals surface area contributed by atoms with E-state index in [1.165, 1.54) is 6.07 Å². The molecule has 1 unspecified atom stereocenters. The van der Waals surface area contributed by atoms with E-state index < -0.39 is 17.8 Å². The Morgan fingerprint density at radius 3 is 2.93 bits per heavy atom. The lowest BCUT2D eigenvalue weighted by molar-refractivity contribution is -0.137. The second kappa shape index (κ2) is 8.26. The van der Waals surface area contributed by atoms with Crippen LogP contribution in [-0.4, -0.2) is 42.6 Å². The summed E-state index contributed by atoms with van der Waals surface area (Å²) < 4.78 is 44.6. The third-order valence-electron chi connectivity index (χ3n) is 4.25. The zero-order valence-electron chi connectivity index (χ0n) is 15.1. The fourth-order valence-corrected chi connectivity index (χ4v) is 3.68. The van der Waals surface area contributed by atoms with E-state index in [1.807, 2.05) is 18.0 Å². The molecule has 0 spiro atoms. The third-order valence-corrected chi connectivity index (χ3v) is 5.17. The second-order valence-electron chi connectivity index (χ2n) is 6.18. The average Bonchev–Trinajstić information content (AvgIpc) is 3.07. The molecule has 0 amide bonds. The van der Waals surface area contributed by atoms with Crippen molar-refractivity contribution in [2.45, 2.75) is 25.7 Å². The van der Waals surface area contributed by atoms with Gasteiger partial charge in [0, 0.05) is 24.7 Å². The first-order valence-electron chi connectivity index (χ1n) is 8.52. The minimum atomic E-state index is -4.37. The lowest BCUT2D eigenvalue weighted by atomic mass is 10.0. The van der Waals surface area contributed by atoms with Crippen LogP contribution in [0.1, 0.15) is 27.1 Å². The van der Waals surface area contributed by atoms with Crippen molar-refractivity contribution in [2.24, 2.45) is 4.99 Å². The van der Waals surface area contributed by atoms with Crippen LogP contribution in [0, 0.1) is 6.92 Å². The molecule has 0 radical (unpaired) electrons. The standard InChI is InChI=1S/C18H21F3N4OS/c1-12-23-9-15(27-12)10-24-17(22-2)25-6-7-26-16(11-25)13-4-3-5-14(8-13)18(19,20)21/h3-5,8-9,16H,6-7,10-11H2,1-2H3,(H,22,24). The van der Waals surface area contributed by atoms with Gasteiger partial charge in [0.25, 0.3) is 0 Å². The Bertz CT molecular complexity index is 806. The van der Waals surface area contributed by atoms with Crippen molar-refractivity contribution in [3.8, 4) is 0 Å². The first kappa shape index (κ1) is 19.6. The van der Waals surface area contributed by atoms with E-state index >= 15 is 0 Å². The van der Waals surface area contributed by atoms with Crippen molar-refractivity contribution >= 4 is 17.3 Å². The zero-order chi connectivity index (χ0) is 19.4. The highest BCUT2D eigenvalue weighted by Crippen LogP contribution is 2.32. The number of thiazole rings is 1. The number of hydrogen-bond acceptors (Lipinski definition) is 4. The molecule has 3 rings (SSSR count). The number of rotatable bonds is 3. The quantitative estimate of drug-likeness (QED) is 0.634. The van der Waals surface area contributed by atoms with Gasteiger partial charge in [0.15, 0.2) is 5.96 Å². The van der Waals surface area contributed by atoms with Crippen LogP contribution in [0.15, 0.2) is 35.5 Å².